The van der Waals surface area contributed by atoms with Crippen molar-refractivity contribution in [3.63, 3.8) is 0 Å². The minimum Gasteiger partial charge on any atom is -0.496 e. The van der Waals surface area contributed by atoms with E-state index in [1.54, 1.807) is 7.11 Å². The fraction of sp³-hybridized carbons (Fsp3) is 0.571. The summed E-state index contributed by atoms with van der Waals surface area (Å²) < 4.78 is 5.65. The van der Waals surface area contributed by atoms with Crippen LogP contribution in [-0.2, 0) is 19.3 Å². The summed E-state index contributed by atoms with van der Waals surface area (Å²) in [7, 11) is 1.77. The lowest BCUT2D eigenvalue weighted by molar-refractivity contribution is 0.411. The molecule has 0 bridgehead atoms. The molecule has 1 N–H and O–H groups in total. The van der Waals surface area contributed by atoms with Crippen molar-refractivity contribution in [2.24, 2.45) is 0 Å². The average Bonchev–Trinajstić information content (AvgIpc) is 3.09. The largest absolute Gasteiger partial charge is 0.496 e. The van der Waals surface area contributed by atoms with Gasteiger partial charge in [-0.15, -0.1) is 0 Å². The molecule has 0 amide bonds. The monoisotopic (exact) mass is 324 g/mol. The minimum absolute atomic E-state index is 0.617. The summed E-state index contributed by atoms with van der Waals surface area (Å²) in [5.74, 6) is 0.997. The Bertz CT molecular complexity index is 747. The SMILES string of the molecule is CCc1cc2nc3c(c(NC4CCCCC4)c2cc1OC)CCC3. The number of hydrogen-bond donors (Lipinski definition) is 1. The Kier molecular flexibility index (Phi) is 4.34. The summed E-state index contributed by atoms with van der Waals surface area (Å²) in [5, 5.41) is 5.16. The lowest BCUT2D eigenvalue weighted by Gasteiger charge is -2.26. The highest BCUT2D eigenvalue weighted by Gasteiger charge is 2.23. The molecular weight excluding hydrogens is 296 g/mol. The molecule has 2 aromatic rings. The van der Waals surface area contributed by atoms with Crippen LogP contribution in [0.25, 0.3) is 10.9 Å². The van der Waals surface area contributed by atoms with E-state index in [1.165, 1.54) is 66.4 Å². The van der Waals surface area contributed by atoms with Crippen LogP contribution in [0.5, 0.6) is 5.75 Å². The summed E-state index contributed by atoms with van der Waals surface area (Å²) in [4.78, 5) is 5.00. The van der Waals surface area contributed by atoms with Crippen LogP contribution in [-0.4, -0.2) is 18.1 Å². The summed E-state index contributed by atoms with van der Waals surface area (Å²) in [5.41, 5.74) is 6.50. The summed E-state index contributed by atoms with van der Waals surface area (Å²) in [6.45, 7) is 2.18. The van der Waals surface area contributed by atoms with Gasteiger partial charge in [-0.25, -0.2) is 0 Å². The van der Waals surface area contributed by atoms with Crippen molar-refractivity contribution in [1.82, 2.24) is 4.98 Å². The Labute approximate surface area is 144 Å². The van der Waals surface area contributed by atoms with E-state index in [2.05, 4.69) is 24.4 Å². The quantitative estimate of drug-likeness (QED) is 0.855. The number of rotatable bonds is 4. The molecule has 1 heterocycles. The van der Waals surface area contributed by atoms with Gasteiger partial charge in [0.15, 0.2) is 0 Å². The van der Waals surface area contributed by atoms with E-state index in [4.69, 9.17) is 9.72 Å². The topological polar surface area (TPSA) is 34.2 Å². The zero-order valence-corrected chi connectivity index (χ0v) is 15.0. The van der Waals surface area contributed by atoms with Crippen LogP contribution in [0.3, 0.4) is 0 Å². The lowest BCUT2D eigenvalue weighted by Crippen LogP contribution is -2.23. The van der Waals surface area contributed by atoms with Gasteiger partial charge in [-0.3, -0.25) is 4.98 Å². The molecule has 0 atom stereocenters. The molecule has 0 spiro atoms. The standard InChI is InChI=1S/C21H28N2O/c1-3-14-12-19-17(13-20(14)24-2)21(16-10-7-11-18(16)23-19)22-15-8-5-4-6-9-15/h12-13,15H,3-11H2,1-2H3,(H,22,23). The molecule has 1 aromatic carbocycles. The Morgan fingerprint density at radius 3 is 2.71 bits per heavy atom. The van der Waals surface area contributed by atoms with Gasteiger partial charge >= 0.3 is 0 Å². The summed E-state index contributed by atoms with van der Waals surface area (Å²) in [6.07, 6.45) is 11.2. The van der Waals surface area contributed by atoms with Crippen LogP contribution in [0.15, 0.2) is 12.1 Å². The van der Waals surface area contributed by atoms with E-state index < -0.39 is 0 Å². The van der Waals surface area contributed by atoms with Gasteiger partial charge in [0, 0.05) is 22.8 Å². The number of methoxy groups -OCH3 is 1. The first-order valence-corrected chi connectivity index (χ1v) is 9.59. The van der Waals surface area contributed by atoms with Gasteiger partial charge in [-0.1, -0.05) is 26.2 Å². The molecule has 4 rings (SSSR count). The molecule has 1 fully saturated rings. The molecule has 1 saturated carbocycles. The van der Waals surface area contributed by atoms with Gasteiger partial charge in [0.1, 0.15) is 5.75 Å². The minimum atomic E-state index is 0.617. The van der Waals surface area contributed by atoms with Gasteiger partial charge in [0.25, 0.3) is 0 Å². The van der Waals surface area contributed by atoms with Crippen LogP contribution < -0.4 is 10.1 Å². The number of benzene rings is 1. The molecule has 3 nitrogen and oxygen atoms in total. The second-order valence-electron chi connectivity index (χ2n) is 7.28. The van der Waals surface area contributed by atoms with Gasteiger partial charge in [0.05, 0.1) is 12.6 Å². The van der Waals surface area contributed by atoms with Crippen LogP contribution in [0.2, 0.25) is 0 Å². The number of ether oxygens (including phenoxy) is 1. The molecule has 1 aromatic heterocycles. The van der Waals surface area contributed by atoms with E-state index >= 15 is 0 Å². The van der Waals surface area contributed by atoms with Crippen LogP contribution in [0.4, 0.5) is 5.69 Å². The molecular formula is C21H28N2O. The van der Waals surface area contributed by atoms with Crippen molar-refractivity contribution in [1.29, 1.82) is 0 Å². The number of aromatic nitrogens is 1. The maximum absolute atomic E-state index is 5.65. The Hall–Kier alpha value is -1.77. The van der Waals surface area contributed by atoms with Crippen molar-refractivity contribution in [3.05, 3.63) is 29.0 Å². The number of nitrogens with one attached hydrogen (secondary N) is 1. The van der Waals surface area contributed by atoms with Gasteiger partial charge in [-0.2, -0.15) is 0 Å². The highest BCUT2D eigenvalue weighted by molar-refractivity contribution is 5.95. The molecule has 2 aliphatic carbocycles. The number of anilines is 1. The smallest absolute Gasteiger partial charge is 0.122 e. The first kappa shape index (κ1) is 15.7. The molecule has 2 aliphatic rings. The predicted octanol–water partition coefficient (Wildman–Crippen LogP) is 5.04. The van der Waals surface area contributed by atoms with Crippen molar-refractivity contribution in [2.45, 2.75) is 70.8 Å². The molecule has 0 saturated heterocycles. The summed E-state index contributed by atoms with van der Waals surface area (Å²) >= 11 is 0. The molecule has 3 heteroatoms. The van der Waals surface area contributed by atoms with Gasteiger partial charge in [0.2, 0.25) is 0 Å². The molecule has 0 unspecified atom stereocenters. The van der Waals surface area contributed by atoms with Crippen molar-refractivity contribution >= 4 is 16.6 Å². The third kappa shape index (κ3) is 2.74. The summed E-state index contributed by atoms with van der Waals surface area (Å²) in [6, 6.07) is 5.06. The van der Waals surface area contributed by atoms with E-state index in [9.17, 15) is 0 Å². The number of nitrogens with zero attached hydrogens (tertiary/aromatic N) is 1. The van der Waals surface area contributed by atoms with Gasteiger partial charge < -0.3 is 10.1 Å². The Balaban J connectivity index is 1.85. The maximum atomic E-state index is 5.65. The predicted molar refractivity (Wildman–Crippen MR) is 100 cm³/mol. The highest BCUT2D eigenvalue weighted by Crippen LogP contribution is 2.38. The molecule has 0 aliphatic heterocycles. The average molecular weight is 324 g/mol. The van der Waals surface area contributed by atoms with E-state index in [1.807, 2.05) is 0 Å². The number of pyridine rings is 1. The lowest BCUT2D eigenvalue weighted by atomic mass is 9.94. The second kappa shape index (κ2) is 6.62. The van der Waals surface area contributed by atoms with Crippen LogP contribution in [0, 0.1) is 0 Å². The Morgan fingerprint density at radius 1 is 1.12 bits per heavy atom. The zero-order valence-electron chi connectivity index (χ0n) is 15.0. The van der Waals surface area contributed by atoms with Crippen molar-refractivity contribution in [3.8, 4) is 5.75 Å². The second-order valence-corrected chi connectivity index (χ2v) is 7.28. The van der Waals surface area contributed by atoms with E-state index in [0.29, 0.717) is 6.04 Å². The fourth-order valence-electron chi connectivity index (χ4n) is 4.42. The number of aryl methyl sites for hydroxylation is 2. The third-order valence-corrected chi connectivity index (χ3v) is 5.75. The highest BCUT2D eigenvalue weighted by atomic mass is 16.5. The number of hydrogen-bond acceptors (Lipinski definition) is 3. The Morgan fingerprint density at radius 2 is 1.96 bits per heavy atom. The molecule has 24 heavy (non-hydrogen) atoms. The van der Waals surface area contributed by atoms with E-state index in [-0.39, 0.29) is 0 Å². The molecule has 0 radical (unpaired) electrons. The first-order valence-electron chi connectivity index (χ1n) is 9.59. The maximum Gasteiger partial charge on any atom is 0.122 e. The first-order chi connectivity index (χ1) is 11.8. The molecule has 128 valence electrons. The number of fused-ring (bicyclic) bond motifs is 2. The van der Waals surface area contributed by atoms with E-state index in [0.717, 1.165) is 30.5 Å². The van der Waals surface area contributed by atoms with Crippen LogP contribution >= 0.6 is 0 Å². The zero-order chi connectivity index (χ0) is 16.5. The van der Waals surface area contributed by atoms with Crippen molar-refractivity contribution in [2.75, 3.05) is 12.4 Å². The van der Waals surface area contributed by atoms with Gasteiger partial charge in [-0.05, 0) is 61.8 Å². The fourth-order valence-corrected chi connectivity index (χ4v) is 4.42. The van der Waals surface area contributed by atoms with Crippen LogP contribution in [0.1, 0.15) is 62.3 Å². The normalized spacial score (nSPS) is 17.9. The van der Waals surface area contributed by atoms with Crippen molar-refractivity contribution < 1.29 is 4.74 Å². The third-order valence-electron chi connectivity index (χ3n) is 5.75.